The van der Waals surface area contributed by atoms with Crippen molar-refractivity contribution >= 4 is 39.4 Å². The summed E-state index contributed by atoms with van der Waals surface area (Å²) in [5, 5.41) is -0.146. The summed E-state index contributed by atoms with van der Waals surface area (Å²) in [5.41, 5.74) is -0.0951. The highest BCUT2D eigenvalue weighted by Gasteiger charge is 2.47. The average Bonchev–Trinajstić information content (AvgIpc) is 2.44. The van der Waals surface area contributed by atoms with Crippen molar-refractivity contribution in [3.05, 3.63) is 0 Å². The lowest BCUT2D eigenvalue weighted by Gasteiger charge is -2.00. The first-order valence-electron chi connectivity index (χ1n) is 2.47. The quantitative estimate of drug-likeness (QED) is 0.412. The molecule has 1 fully saturated rings. The minimum absolute atomic E-state index is 0.0951. The average molecular weight is 244 g/mol. The van der Waals surface area contributed by atoms with Gasteiger partial charge in [0.15, 0.2) is 0 Å². The third kappa shape index (κ3) is 1.00. The van der Waals surface area contributed by atoms with Crippen molar-refractivity contribution in [1.29, 1.82) is 0 Å². The zero-order valence-corrected chi connectivity index (χ0v) is 7.20. The van der Waals surface area contributed by atoms with E-state index in [1.165, 1.54) is 0 Å². The summed E-state index contributed by atoms with van der Waals surface area (Å²) in [4.78, 5) is 10.5. The molecular weight excluding hydrogens is 238 g/mol. The first-order valence-corrected chi connectivity index (χ1v) is 4.37. The van der Waals surface area contributed by atoms with E-state index >= 15 is 0 Å². The lowest BCUT2D eigenvalue weighted by molar-refractivity contribution is -0.115. The molecular formula is C5H6ClIO. The summed E-state index contributed by atoms with van der Waals surface area (Å²) in [6, 6.07) is 0. The first-order chi connectivity index (χ1) is 3.71. The minimum Gasteiger partial charge on any atom is -0.281 e. The molecule has 0 aliphatic heterocycles. The summed E-state index contributed by atoms with van der Waals surface area (Å²) in [6.07, 6.45) is 2.00. The van der Waals surface area contributed by atoms with Crippen LogP contribution >= 0.6 is 34.2 Å². The van der Waals surface area contributed by atoms with Crippen molar-refractivity contribution in [2.75, 3.05) is 4.43 Å². The van der Waals surface area contributed by atoms with E-state index in [2.05, 4.69) is 22.6 Å². The Balaban J connectivity index is 2.53. The number of carbonyl (C=O) groups is 1. The molecule has 1 aliphatic rings. The summed E-state index contributed by atoms with van der Waals surface area (Å²) in [5.74, 6) is 0. The molecule has 0 spiro atoms. The van der Waals surface area contributed by atoms with Gasteiger partial charge in [-0.05, 0) is 24.4 Å². The molecule has 3 heteroatoms. The van der Waals surface area contributed by atoms with Crippen LogP contribution in [0.15, 0.2) is 0 Å². The second-order valence-electron chi connectivity index (χ2n) is 2.19. The van der Waals surface area contributed by atoms with Crippen LogP contribution in [0, 0.1) is 5.41 Å². The fraction of sp³-hybridized carbons (Fsp3) is 0.800. The van der Waals surface area contributed by atoms with E-state index in [1.807, 2.05) is 0 Å². The molecule has 0 atom stereocenters. The molecule has 0 bridgehead atoms. The summed E-state index contributed by atoms with van der Waals surface area (Å²) < 4.78 is 0.882. The molecule has 0 unspecified atom stereocenters. The highest BCUT2D eigenvalue weighted by molar-refractivity contribution is 14.1. The van der Waals surface area contributed by atoms with E-state index in [-0.39, 0.29) is 10.7 Å². The van der Waals surface area contributed by atoms with Gasteiger partial charge in [0.25, 0.3) is 0 Å². The monoisotopic (exact) mass is 244 g/mol. The lowest BCUT2D eigenvalue weighted by Crippen LogP contribution is -2.09. The molecule has 1 nitrogen and oxygen atoms in total. The van der Waals surface area contributed by atoms with Crippen molar-refractivity contribution in [2.24, 2.45) is 5.41 Å². The molecule has 0 saturated heterocycles. The second-order valence-corrected chi connectivity index (χ2v) is 3.29. The molecule has 0 aromatic rings. The van der Waals surface area contributed by atoms with Gasteiger partial charge in [-0.2, -0.15) is 0 Å². The van der Waals surface area contributed by atoms with Crippen molar-refractivity contribution in [3.8, 4) is 0 Å². The van der Waals surface area contributed by atoms with Gasteiger partial charge in [0, 0.05) is 4.43 Å². The van der Waals surface area contributed by atoms with E-state index in [9.17, 15) is 4.79 Å². The van der Waals surface area contributed by atoms with Crippen LogP contribution in [0.3, 0.4) is 0 Å². The van der Waals surface area contributed by atoms with Crippen LogP contribution in [-0.2, 0) is 4.79 Å². The fourth-order valence-electron chi connectivity index (χ4n) is 0.534. The summed E-state index contributed by atoms with van der Waals surface area (Å²) >= 11 is 7.49. The largest absolute Gasteiger partial charge is 0.281 e. The van der Waals surface area contributed by atoms with Crippen LogP contribution < -0.4 is 0 Å². The summed E-state index contributed by atoms with van der Waals surface area (Å²) in [7, 11) is 0. The van der Waals surface area contributed by atoms with E-state index in [0.717, 1.165) is 17.3 Å². The maximum atomic E-state index is 10.5. The molecule has 1 aliphatic carbocycles. The van der Waals surface area contributed by atoms with Gasteiger partial charge in [-0.15, -0.1) is 0 Å². The van der Waals surface area contributed by atoms with Gasteiger partial charge in [-0.3, -0.25) is 4.79 Å². The standard InChI is InChI=1S/C5H6ClIO/c6-4(8)5(3-7)1-2-5/h1-3H2. The molecule has 46 valence electrons. The molecule has 0 heterocycles. The van der Waals surface area contributed by atoms with Crippen LogP contribution in [0.5, 0.6) is 0 Å². The van der Waals surface area contributed by atoms with E-state index in [1.54, 1.807) is 0 Å². The number of halogens is 2. The topological polar surface area (TPSA) is 17.1 Å². The molecule has 0 amide bonds. The molecule has 0 aromatic carbocycles. The summed E-state index contributed by atoms with van der Waals surface area (Å²) in [6.45, 7) is 0. The zero-order chi connectivity index (χ0) is 6.20. The van der Waals surface area contributed by atoms with E-state index in [4.69, 9.17) is 11.6 Å². The predicted octanol–water partition coefficient (Wildman–Crippen LogP) is 1.97. The van der Waals surface area contributed by atoms with Crippen LogP contribution in [0.1, 0.15) is 12.8 Å². The Bertz CT molecular complexity index is 120. The van der Waals surface area contributed by atoms with Gasteiger partial charge in [-0.25, -0.2) is 0 Å². The molecule has 8 heavy (non-hydrogen) atoms. The van der Waals surface area contributed by atoms with Crippen LogP contribution in [0.4, 0.5) is 0 Å². The van der Waals surface area contributed by atoms with Gasteiger partial charge < -0.3 is 0 Å². The lowest BCUT2D eigenvalue weighted by atomic mass is 10.2. The molecule has 0 N–H and O–H groups in total. The fourth-order valence-corrected chi connectivity index (χ4v) is 2.12. The van der Waals surface area contributed by atoms with Crippen molar-refractivity contribution in [2.45, 2.75) is 12.8 Å². The maximum absolute atomic E-state index is 10.5. The zero-order valence-electron chi connectivity index (χ0n) is 4.29. The van der Waals surface area contributed by atoms with Crippen molar-refractivity contribution in [3.63, 3.8) is 0 Å². The number of hydrogen-bond acceptors (Lipinski definition) is 1. The third-order valence-electron chi connectivity index (χ3n) is 1.53. The van der Waals surface area contributed by atoms with E-state index < -0.39 is 0 Å². The highest BCUT2D eigenvalue weighted by atomic mass is 127. The Hall–Kier alpha value is 0.690. The molecule has 0 aromatic heterocycles. The number of hydrogen-bond donors (Lipinski definition) is 0. The third-order valence-corrected chi connectivity index (χ3v) is 3.39. The maximum Gasteiger partial charge on any atom is 0.228 e. The number of rotatable bonds is 2. The second kappa shape index (κ2) is 2.14. The van der Waals surface area contributed by atoms with Gasteiger partial charge >= 0.3 is 0 Å². The van der Waals surface area contributed by atoms with Gasteiger partial charge in [0.05, 0.1) is 5.41 Å². The van der Waals surface area contributed by atoms with Crippen molar-refractivity contribution in [1.82, 2.24) is 0 Å². The Morgan fingerprint density at radius 2 is 2.25 bits per heavy atom. The Morgan fingerprint density at radius 3 is 2.25 bits per heavy atom. The smallest absolute Gasteiger partial charge is 0.228 e. The Morgan fingerprint density at radius 1 is 1.75 bits per heavy atom. The van der Waals surface area contributed by atoms with Crippen LogP contribution in [0.2, 0.25) is 0 Å². The SMILES string of the molecule is O=C(Cl)C1(CI)CC1. The molecule has 1 rings (SSSR count). The van der Waals surface area contributed by atoms with Gasteiger partial charge in [0.1, 0.15) is 0 Å². The highest BCUT2D eigenvalue weighted by Crippen LogP contribution is 2.48. The first kappa shape index (κ1) is 6.81. The normalized spacial score (nSPS) is 22.8. The van der Waals surface area contributed by atoms with Gasteiger partial charge in [-0.1, -0.05) is 22.6 Å². The van der Waals surface area contributed by atoms with Gasteiger partial charge in [0.2, 0.25) is 5.24 Å². The number of carbonyl (C=O) groups excluding carboxylic acids is 1. The van der Waals surface area contributed by atoms with E-state index in [0.29, 0.717) is 0 Å². The van der Waals surface area contributed by atoms with Crippen molar-refractivity contribution < 1.29 is 4.79 Å². The number of alkyl halides is 1. The molecule has 0 radical (unpaired) electrons. The Kier molecular flexibility index (Phi) is 1.82. The Labute approximate surface area is 66.9 Å². The predicted molar refractivity (Wildman–Crippen MR) is 41.4 cm³/mol. The molecule has 1 saturated carbocycles. The minimum atomic E-state index is -0.146. The van der Waals surface area contributed by atoms with Crippen LogP contribution in [-0.4, -0.2) is 9.67 Å². The van der Waals surface area contributed by atoms with Crippen LogP contribution in [0.25, 0.3) is 0 Å².